The van der Waals surface area contributed by atoms with Crippen molar-refractivity contribution in [2.45, 2.75) is 0 Å². The van der Waals surface area contributed by atoms with Crippen LogP contribution in [-0.2, 0) is 0 Å². The number of aromatic nitrogens is 12. The predicted molar refractivity (Wildman–Crippen MR) is 373 cm³/mol. The van der Waals surface area contributed by atoms with Gasteiger partial charge in [0.15, 0.2) is 11.6 Å². The summed E-state index contributed by atoms with van der Waals surface area (Å²) in [7, 11) is -3.53. The van der Waals surface area contributed by atoms with Crippen LogP contribution in [0.4, 0.5) is 0 Å². The van der Waals surface area contributed by atoms with Gasteiger partial charge in [0.05, 0.1) is 55.2 Å². The van der Waals surface area contributed by atoms with Gasteiger partial charge in [-0.3, -0.25) is 18.3 Å². The first-order valence-corrected chi connectivity index (χ1v) is 32.8. The number of hydrogen-bond acceptors (Lipinski definition) is 7. The van der Waals surface area contributed by atoms with Crippen LogP contribution in [0.25, 0.3) is 156 Å². The Bertz CT molecular complexity index is 5530. The molecule has 1 aliphatic heterocycles. The van der Waals surface area contributed by atoms with Crippen LogP contribution in [0.2, 0.25) is 0 Å². The van der Waals surface area contributed by atoms with Gasteiger partial charge in [0.2, 0.25) is 23.8 Å². The maximum Gasteiger partial charge on any atom is 0.259 e. The molecule has 8 heterocycles. The van der Waals surface area contributed by atoms with Crippen molar-refractivity contribution in [1.82, 2.24) is 57.4 Å². The van der Waals surface area contributed by atoms with E-state index in [4.69, 9.17) is 34.9 Å². The molecule has 0 aliphatic carbocycles. The van der Waals surface area contributed by atoms with Gasteiger partial charge in [-0.25, -0.2) is 4.98 Å². The summed E-state index contributed by atoms with van der Waals surface area (Å²) < 4.78 is 11.3. The molecule has 19 aromatic rings. The van der Waals surface area contributed by atoms with Crippen molar-refractivity contribution in [2.24, 2.45) is 0 Å². The monoisotopic (exact) mass is 1190 g/mol. The summed E-state index contributed by atoms with van der Waals surface area (Å²) in [6.45, 7) is 0. The van der Waals surface area contributed by atoms with E-state index in [0.717, 1.165) is 131 Å². The predicted octanol–water partition coefficient (Wildman–Crippen LogP) is 15.6. The van der Waals surface area contributed by atoms with Gasteiger partial charge < -0.3 is 4.23 Å². The Morgan fingerprint density at radius 2 is 0.533 bits per heavy atom. The van der Waals surface area contributed by atoms with Crippen molar-refractivity contribution < 1.29 is 0 Å². The molecule has 13 heteroatoms. The SMILES string of the molecule is c1cc(-c2nc(-n3c4ccccc4c4ccccc43)nc(-n3c4ccccc4c4ccccc43)n2)cc([Si]2(c3cccc(-c4nc(-n5c6ccccc6c6ccccc65)nc(-n5c6ccccc6c6ccccc65)n4)c3)c3ccccc3-c3nc4ccccc4n32)c1. The first kappa shape index (κ1) is 50.5. The van der Waals surface area contributed by atoms with Crippen LogP contribution in [0.5, 0.6) is 0 Å². The molecule has 428 valence electrons. The van der Waals surface area contributed by atoms with E-state index in [-0.39, 0.29) is 0 Å². The van der Waals surface area contributed by atoms with E-state index >= 15 is 0 Å². The topological polar surface area (TPSA) is 115 Å². The van der Waals surface area contributed by atoms with Crippen LogP contribution >= 0.6 is 0 Å². The van der Waals surface area contributed by atoms with Crippen LogP contribution in [-0.4, -0.2) is 65.6 Å². The molecule has 92 heavy (non-hydrogen) atoms. The first-order valence-electron chi connectivity index (χ1n) is 30.9. The third-order valence-electron chi connectivity index (χ3n) is 18.9. The normalized spacial score (nSPS) is 12.9. The summed E-state index contributed by atoms with van der Waals surface area (Å²) in [6.07, 6.45) is 0. The molecule has 7 aromatic heterocycles. The minimum atomic E-state index is -3.53. The van der Waals surface area contributed by atoms with Crippen molar-refractivity contribution in [3.05, 3.63) is 291 Å². The van der Waals surface area contributed by atoms with Crippen molar-refractivity contribution in [2.75, 3.05) is 0 Å². The summed E-state index contributed by atoms with van der Waals surface area (Å²) in [4.78, 5) is 38.9. The molecule has 0 spiro atoms. The average Bonchev–Trinajstić information content (AvgIpc) is 1.51. The molecular weight excluding hydrogens is 1150 g/mol. The van der Waals surface area contributed by atoms with Gasteiger partial charge in [0.25, 0.3) is 8.24 Å². The molecule has 20 rings (SSSR count). The molecule has 0 atom stereocenters. The minimum absolute atomic E-state index is 0.515. The van der Waals surface area contributed by atoms with Gasteiger partial charge in [-0.2, -0.15) is 29.9 Å². The molecule has 0 saturated carbocycles. The summed E-state index contributed by atoms with van der Waals surface area (Å²) in [6, 6.07) is 103. The lowest BCUT2D eigenvalue weighted by Gasteiger charge is -2.32. The van der Waals surface area contributed by atoms with E-state index in [1.807, 2.05) is 0 Å². The Balaban J connectivity index is 0.852. The molecule has 12 nitrogen and oxygen atoms in total. The largest absolute Gasteiger partial charge is 0.339 e. The third kappa shape index (κ3) is 7.07. The Kier molecular flexibility index (Phi) is 10.6. The second-order valence-electron chi connectivity index (χ2n) is 23.7. The van der Waals surface area contributed by atoms with Crippen molar-refractivity contribution in [1.29, 1.82) is 0 Å². The molecule has 1 aliphatic rings. The highest BCUT2D eigenvalue weighted by Gasteiger charge is 2.51. The molecule has 0 saturated heterocycles. The van der Waals surface area contributed by atoms with Gasteiger partial charge >= 0.3 is 0 Å². The van der Waals surface area contributed by atoms with Crippen LogP contribution < -0.4 is 15.6 Å². The lowest BCUT2D eigenvalue weighted by Crippen LogP contribution is -2.70. The van der Waals surface area contributed by atoms with E-state index in [9.17, 15) is 0 Å². The zero-order chi connectivity index (χ0) is 60.2. The molecule has 0 bridgehead atoms. The molecule has 0 amide bonds. The minimum Gasteiger partial charge on any atom is -0.339 e. The number of benzene rings is 12. The van der Waals surface area contributed by atoms with Gasteiger partial charge in [-0.05, 0) is 88.4 Å². The quantitative estimate of drug-likeness (QED) is 0.139. The van der Waals surface area contributed by atoms with Gasteiger partial charge in [-0.15, -0.1) is 0 Å². The highest BCUT2D eigenvalue weighted by atomic mass is 28.3. The number of imidazole rings is 1. The Morgan fingerprint density at radius 3 is 0.880 bits per heavy atom. The number of nitrogens with zero attached hydrogens (tertiary/aromatic N) is 12. The standard InChI is InChI=1S/C79H48N12Si/c1-11-37-63-53(27-1)54-28-2-12-38-64(54)87(63)76-81-73(82-77(85-76)88-65-39-13-3-29-55(65)56-30-4-14-40-66(56)88)49-23-21-25-51(47-49)92(72-46-20-9-35-61(72)75-80-62-36-10-19-45-71(62)91(75)92)52-26-22-24-50(48-52)74-83-78(89-67-41-15-5-31-57(67)58-32-6-16-42-68(58)89)86-79(84-74)90-69-43-17-7-33-59(69)60-34-8-18-44-70(60)90/h1-48H. The van der Waals surface area contributed by atoms with E-state index in [1.165, 1.54) is 5.19 Å². The van der Waals surface area contributed by atoms with E-state index in [0.29, 0.717) is 35.4 Å². The summed E-state index contributed by atoms with van der Waals surface area (Å²) in [5.41, 5.74) is 12.8. The summed E-state index contributed by atoms with van der Waals surface area (Å²) in [5, 5.41) is 12.4. The Labute approximate surface area is 525 Å². The van der Waals surface area contributed by atoms with Crippen LogP contribution in [0, 0.1) is 0 Å². The number of para-hydroxylation sites is 10. The lowest BCUT2D eigenvalue weighted by atomic mass is 10.2. The second-order valence-corrected chi connectivity index (χ2v) is 27.2. The fraction of sp³-hybridized carbons (Fsp3) is 0. The number of fused-ring (bicyclic) bond motifs is 17. The number of hydrogen-bond donors (Lipinski definition) is 0. The van der Waals surface area contributed by atoms with Crippen LogP contribution in [0.15, 0.2) is 291 Å². The van der Waals surface area contributed by atoms with Gasteiger partial charge in [0.1, 0.15) is 5.82 Å². The maximum atomic E-state index is 5.59. The summed E-state index contributed by atoms with van der Waals surface area (Å²) in [5.74, 6) is 4.06. The fourth-order valence-electron chi connectivity index (χ4n) is 15.1. The molecule has 0 fully saturated rings. The molecule has 0 radical (unpaired) electrons. The highest BCUT2D eigenvalue weighted by Crippen LogP contribution is 2.40. The number of rotatable bonds is 8. The zero-order valence-electron chi connectivity index (χ0n) is 49.1. The van der Waals surface area contributed by atoms with E-state index in [2.05, 4.69) is 314 Å². The van der Waals surface area contributed by atoms with Crippen LogP contribution in [0.1, 0.15) is 0 Å². The molecule has 0 N–H and O–H groups in total. The molecule has 12 aromatic carbocycles. The average molecular weight is 1190 g/mol. The summed E-state index contributed by atoms with van der Waals surface area (Å²) >= 11 is 0. The molecule has 0 unspecified atom stereocenters. The smallest absolute Gasteiger partial charge is 0.259 e. The lowest BCUT2D eigenvalue weighted by molar-refractivity contribution is 0.892. The van der Waals surface area contributed by atoms with Crippen molar-refractivity contribution in [3.8, 4) is 58.0 Å². The third-order valence-corrected chi connectivity index (χ3v) is 23.5. The fourth-order valence-corrected chi connectivity index (χ4v) is 20.2. The van der Waals surface area contributed by atoms with E-state index in [1.54, 1.807) is 0 Å². The second kappa shape index (κ2) is 19.3. The zero-order valence-corrected chi connectivity index (χ0v) is 50.1. The molecular formula is C79H48N12Si. The van der Waals surface area contributed by atoms with Crippen molar-refractivity contribution >= 4 is 122 Å². The highest BCUT2D eigenvalue weighted by molar-refractivity contribution is 7.12. The first-order chi connectivity index (χ1) is 45.6. The Morgan fingerprint density at radius 1 is 0.239 bits per heavy atom. The van der Waals surface area contributed by atoms with Crippen molar-refractivity contribution in [3.63, 3.8) is 0 Å². The Hall–Kier alpha value is -12.5. The van der Waals surface area contributed by atoms with Gasteiger partial charge in [-0.1, -0.05) is 218 Å². The van der Waals surface area contributed by atoms with E-state index < -0.39 is 8.24 Å². The maximum absolute atomic E-state index is 5.59. The van der Waals surface area contributed by atoms with Crippen LogP contribution in [0.3, 0.4) is 0 Å². The van der Waals surface area contributed by atoms with Gasteiger partial charge in [0, 0.05) is 59.8 Å².